The molecule has 5 heteroatoms. The van der Waals surface area contributed by atoms with Crippen LogP contribution in [0.5, 0.6) is 0 Å². The molecule has 4 rings (SSSR count). The second kappa shape index (κ2) is 8.35. The second-order valence-electron chi connectivity index (χ2n) is 7.41. The van der Waals surface area contributed by atoms with Gasteiger partial charge in [-0.1, -0.05) is 30.3 Å². The number of hydrogen-bond acceptors (Lipinski definition) is 4. The predicted molar refractivity (Wildman–Crippen MR) is 118 cm³/mol. The highest BCUT2D eigenvalue weighted by Crippen LogP contribution is 2.24. The Morgan fingerprint density at radius 3 is 2.38 bits per heavy atom. The van der Waals surface area contributed by atoms with Gasteiger partial charge in [-0.3, -0.25) is 9.78 Å². The van der Waals surface area contributed by atoms with Crippen molar-refractivity contribution >= 4 is 23.0 Å². The molecule has 0 N–H and O–H groups in total. The Kier molecular flexibility index (Phi) is 5.47. The number of pyridine rings is 1. The van der Waals surface area contributed by atoms with E-state index in [0.717, 1.165) is 24.5 Å². The smallest absolute Gasteiger partial charge is 0.272 e. The molecule has 1 saturated heterocycles. The molecule has 0 atom stereocenters. The Balaban J connectivity index is 1.44. The van der Waals surface area contributed by atoms with E-state index in [1.807, 2.05) is 54.4 Å². The fourth-order valence-electron chi connectivity index (χ4n) is 3.70. The standard InChI is InChI=1S/C24H26N4O/c1-19-7-6-10-22(17-19)27-13-15-28(16-14-27)24(29)23-18-21(11-12-25-23)26(2)20-8-4-3-5-9-20/h3-12,17-18H,13-16H2,1-2H3. The molecule has 29 heavy (non-hydrogen) atoms. The van der Waals surface area contributed by atoms with Crippen LogP contribution in [0, 0.1) is 6.92 Å². The van der Waals surface area contributed by atoms with Crippen molar-refractivity contribution in [1.29, 1.82) is 0 Å². The lowest BCUT2D eigenvalue weighted by Crippen LogP contribution is -2.49. The lowest BCUT2D eigenvalue weighted by molar-refractivity contribution is 0.0741. The average molecular weight is 386 g/mol. The van der Waals surface area contributed by atoms with Crippen LogP contribution < -0.4 is 9.80 Å². The van der Waals surface area contributed by atoms with Crippen LogP contribution in [0.1, 0.15) is 16.1 Å². The van der Waals surface area contributed by atoms with E-state index < -0.39 is 0 Å². The summed E-state index contributed by atoms with van der Waals surface area (Å²) in [6, 6.07) is 22.4. The maximum absolute atomic E-state index is 13.0. The molecule has 0 spiro atoms. The molecule has 0 radical (unpaired) electrons. The van der Waals surface area contributed by atoms with E-state index in [1.165, 1.54) is 11.3 Å². The summed E-state index contributed by atoms with van der Waals surface area (Å²) in [5.74, 6) is -0.00259. The number of aromatic nitrogens is 1. The predicted octanol–water partition coefficient (Wildman–Crippen LogP) is 4.12. The van der Waals surface area contributed by atoms with Gasteiger partial charge in [-0.05, 0) is 48.9 Å². The molecule has 0 unspecified atom stereocenters. The fraction of sp³-hybridized carbons (Fsp3) is 0.250. The van der Waals surface area contributed by atoms with E-state index in [0.29, 0.717) is 18.8 Å². The molecule has 1 aliphatic rings. The maximum atomic E-state index is 13.0. The molecular weight excluding hydrogens is 360 g/mol. The first kappa shape index (κ1) is 19.0. The third-order valence-corrected chi connectivity index (χ3v) is 5.43. The first-order valence-electron chi connectivity index (χ1n) is 9.97. The number of hydrogen-bond donors (Lipinski definition) is 0. The Labute approximate surface area is 172 Å². The number of amides is 1. The van der Waals surface area contributed by atoms with Gasteiger partial charge in [-0.2, -0.15) is 0 Å². The molecule has 1 amide bonds. The lowest BCUT2D eigenvalue weighted by atomic mass is 10.2. The quantitative estimate of drug-likeness (QED) is 0.676. The van der Waals surface area contributed by atoms with Gasteiger partial charge in [-0.15, -0.1) is 0 Å². The van der Waals surface area contributed by atoms with Crippen LogP contribution in [0.2, 0.25) is 0 Å². The first-order valence-corrected chi connectivity index (χ1v) is 9.97. The zero-order valence-corrected chi connectivity index (χ0v) is 17.0. The topological polar surface area (TPSA) is 39.7 Å². The van der Waals surface area contributed by atoms with Crippen LogP contribution >= 0.6 is 0 Å². The molecule has 0 saturated carbocycles. The average Bonchev–Trinajstić information content (AvgIpc) is 2.79. The molecule has 1 aromatic heterocycles. The number of benzene rings is 2. The zero-order valence-electron chi connectivity index (χ0n) is 17.0. The van der Waals surface area contributed by atoms with Gasteiger partial charge in [0.15, 0.2) is 0 Å². The van der Waals surface area contributed by atoms with Crippen molar-refractivity contribution in [2.24, 2.45) is 0 Å². The van der Waals surface area contributed by atoms with Crippen molar-refractivity contribution in [2.75, 3.05) is 43.0 Å². The fourth-order valence-corrected chi connectivity index (χ4v) is 3.70. The number of anilines is 3. The van der Waals surface area contributed by atoms with Gasteiger partial charge in [0.2, 0.25) is 0 Å². The second-order valence-corrected chi connectivity index (χ2v) is 7.41. The van der Waals surface area contributed by atoms with Gasteiger partial charge in [-0.25, -0.2) is 0 Å². The van der Waals surface area contributed by atoms with Gasteiger partial charge in [0.1, 0.15) is 5.69 Å². The van der Waals surface area contributed by atoms with Gasteiger partial charge in [0.25, 0.3) is 5.91 Å². The van der Waals surface area contributed by atoms with E-state index in [2.05, 4.69) is 46.0 Å². The van der Waals surface area contributed by atoms with Crippen LogP contribution in [0.3, 0.4) is 0 Å². The minimum absolute atomic E-state index is 0.00259. The minimum atomic E-state index is -0.00259. The van der Waals surface area contributed by atoms with Crippen LogP contribution in [0.25, 0.3) is 0 Å². The normalized spacial score (nSPS) is 14.0. The number of rotatable bonds is 4. The summed E-state index contributed by atoms with van der Waals surface area (Å²) < 4.78 is 0. The SMILES string of the molecule is Cc1cccc(N2CCN(C(=O)c3cc(N(C)c4ccccc4)ccn3)CC2)c1. The Morgan fingerprint density at radius 2 is 1.66 bits per heavy atom. The summed E-state index contributed by atoms with van der Waals surface area (Å²) in [4.78, 5) is 23.7. The Hall–Kier alpha value is -3.34. The van der Waals surface area contributed by atoms with Crippen LogP contribution in [-0.4, -0.2) is 49.0 Å². The summed E-state index contributed by atoms with van der Waals surface area (Å²) in [5.41, 5.74) is 5.00. The molecule has 3 aromatic rings. The number of para-hydroxylation sites is 1. The monoisotopic (exact) mass is 386 g/mol. The van der Waals surface area contributed by atoms with Crippen molar-refractivity contribution in [2.45, 2.75) is 6.92 Å². The molecular formula is C24H26N4O. The number of aryl methyl sites for hydroxylation is 1. The largest absolute Gasteiger partial charge is 0.368 e. The summed E-state index contributed by atoms with van der Waals surface area (Å²) >= 11 is 0. The van der Waals surface area contributed by atoms with Crippen molar-refractivity contribution < 1.29 is 4.79 Å². The number of carbonyl (C=O) groups is 1. The highest BCUT2D eigenvalue weighted by molar-refractivity contribution is 5.93. The van der Waals surface area contributed by atoms with E-state index in [9.17, 15) is 4.79 Å². The number of piperazine rings is 1. The number of nitrogens with zero attached hydrogens (tertiary/aromatic N) is 4. The molecule has 1 aliphatic heterocycles. The van der Waals surface area contributed by atoms with E-state index in [1.54, 1.807) is 6.20 Å². The van der Waals surface area contributed by atoms with E-state index in [-0.39, 0.29) is 5.91 Å². The highest BCUT2D eigenvalue weighted by atomic mass is 16.2. The minimum Gasteiger partial charge on any atom is -0.368 e. The Bertz CT molecular complexity index is 981. The third kappa shape index (κ3) is 4.24. The highest BCUT2D eigenvalue weighted by Gasteiger charge is 2.23. The van der Waals surface area contributed by atoms with E-state index in [4.69, 9.17) is 0 Å². The molecule has 2 heterocycles. The van der Waals surface area contributed by atoms with E-state index >= 15 is 0 Å². The summed E-state index contributed by atoms with van der Waals surface area (Å²) in [6.07, 6.45) is 1.71. The van der Waals surface area contributed by atoms with Crippen LogP contribution in [0.15, 0.2) is 72.9 Å². The molecule has 5 nitrogen and oxygen atoms in total. The number of carbonyl (C=O) groups excluding carboxylic acids is 1. The van der Waals surface area contributed by atoms with Crippen LogP contribution in [-0.2, 0) is 0 Å². The van der Waals surface area contributed by atoms with Crippen LogP contribution in [0.4, 0.5) is 17.1 Å². The molecule has 0 aliphatic carbocycles. The van der Waals surface area contributed by atoms with Crippen molar-refractivity contribution in [3.05, 3.63) is 84.2 Å². The molecule has 148 valence electrons. The summed E-state index contributed by atoms with van der Waals surface area (Å²) in [7, 11) is 2.00. The van der Waals surface area contributed by atoms with Crippen molar-refractivity contribution in [3.63, 3.8) is 0 Å². The van der Waals surface area contributed by atoms with Gasteiger partial charge < -0.3 is 14.7 Å². The lowest BCUT2D eigenvalue weighted by Gasteiger charge is -2.36. The maximum Gasteiger partial charge on any atom is 0.272 e. The van der Waals surface area contributed by atoms with Gasteiger partial charge in [0.05, 0.1) is 0 Å². The zero-order chi connectivity index (χ0) is 20.2. The molecule has 1 fully saturated rings. The molecule has 0 bridgehead atoms. The van der Waals surface area contributed by atoms with Crippen molar-refractivity contribution in [1.82, 2.24) is 9.88 Å². The Morgan fingerprint density at radius 1 is 0.897 bits per heavy atom. The summed E-state index contributed by atoms with van der Waals surface area (Å²) in [5, 5.41) is 0. The first-order chi connectivity index (χ1) is 14.1. The van der Waals surface area contributed by atoms with Crippen molar-refractivity contribution in [3.8, 4) is 0 Å². The van der Waals surface area contributed by atoms with Gasteiger partial charge in [0, 0.05) is 56.5 Å². The third-order valence-electron chi connectivity index (χ3n) is 5.43. The molecule has 2 aromatic carbocycles. The summed E-state index contributed by atoms with van der Waals surface area (Å²) in [6.45, 7) is 5.17. The van der Waals surface area contributed by atoms with Gasteiger partial charge >= 0.3 is 0 Å².